The molecule has 0 bridgehead atoms. The third-order valence-corrected chi connectivity index (χ3v) is 2.00. The van der Waals surface area contributed by atoms with Crippen LogP contribution in [0.2, 0.25) is 0 Å². The summed E-state index contributed by atoms with van der Waals surface area (Å²) in [6, 6.07) is 0. The van der Waals surface area contributed by atoms with Crippen molar-refractivity contribution in [2.24, 2.45) is 0 Å². The molecule has 0 fully saturated rings. The molecule has 0 unspecified atom stereocenters. The molecule has 0 rings (SSSR count). The molecule has 0 aliphatic carbocycles. The van der Waals surface area contributed by atoms with E-state index in [1.807, 2.05) is 7.05 Å². The van der Waals surface area contributed by atoms with Gasteiger partial charge in [0, 0.05) is 6.42 Å². The van der Waals surface area contributed by atoms with Gasteiger partial charge >= 0.3 is 0 Å². The van der Waals surface area contributed by atoms with Crippen LogP contribution >= 0.6 is 0 Å². The number of hydrogen-bond donors (Lipinski definition) is 1. The highest BCUT2D eigenvalue weighted by atomic mass is 16.1. The van der Waals surface area contributed by atoms with Gasteiger partial charge in [0.25, 0.3) is 0 Å². The van der Waals surface area contributed by atoms with E-state index in [2.05, 4.69) is 5.32 Å². The molecule has 0 atom stereocenters. The molecule has 0 aromatic rings. The van der Waals surface area contributed by atoms with Crippen LogP contribution in [0.3, 0.4) is 0 Å². The van der Waals surface area contributed by atoms with E-state index in [4.69, 9.17) is 0 Å². The molecule has 0 heterocycles. The first-order valence-electron chi connectivity index (χ1n) is 5.00. The van der Waals surface area contributed by atoms with E-state index in [-0.39, 0.29) is 0 Å². The molecule has 1 N–H and O–H groups in total. The molecule has 0 aromatic carbocycles. The number of carbonyl (C=O) groups is 1. The lowest BCUT2D eigenvalue weighted by molar-refractivity contribution is -0.107. The average Bonchev–Trinajstić information content (AvgIpc) is 2.10. The Kier molecular flexibility index (Phi) is 10.3. The van der Waals surface area contributed by atoms with Gasteiger partial charge in [0.15, 0.2) is 0 Å². The Bertz CT molecular complexity index is 93.8. The lowest BCUT2D eigenvalue weighted by Crippen LogP contribution is -2.06. The summed E-state index contributed by atoms with van der Waals surface area (Å²) < 4.78 is 0. The quantitative estimate of drug-likeness (QED) is 0.425. The molecular weight excluding hydrogens is 150 g/mol. The topological polar surface area (TPSA) is 29.1 Å². The van der Waals surface area contributed by atoms with Gasteiger partial charge in [0.05, 0.1) is 0 Å². The maximum absolute atomic E-state index is 9.97. The van der Waals surface area contributed by atoms with Gasteiger partial charge in [-0.3, -0.25) is 0 Å². The number of hydrogen-bond acceptors (Lipinski definition) is 2. The monoisotopic (exact) mass is 171 g/mol. The highest BCUT2D eigenvalue weighted by Crippen LogP contribution is 2.05. The summed E-state index contributed by atoms with van der Waals surface area (Å²) >= 11 is 0. The van der Waals surface area contributed by atoms with Crippen molar-refractivity contribution in [1.29, 1.82) is 0 Å². The van der Waals surface area contributed by atoms with Gasteiger partial charge in [-0.25, -0.2) is 0 Å². The van der Waals surface area contributed by atoms with Crippen molar-refractivity contribution >= 4 is 6.29 Å². The first-order valence-corrected chi connectivity index (χ1v) is 5.00. The summed E-state index contributed by atoms with van der Waals surface area (Å²) in [4.78, 5) is 9.97. The van der Waals surface area contributed by atoms with Crippen LogP contribution in [0.4, 0.5) is 0 Å². The van der Waals surface area contributed by atoms with E-state index in [1.165, 1.54) is 32.1 Å². The van der Waals surface area contributed by atoms with Crippen molar-refractivity contribution in [3.05, 3.63) is 0 Å². The third kappa shape index (κ3) is 9.63. The molecule has 0 aliphatic rings. The van der Waals surface area contributed by atoms with E-state index in [0.717, 1.165) is 25.7 Å². The zero-order chi connectivity index (χ0) is 9.07. The van der Waals surface area contributed by atoms with Crippen LogP contribution in [0, 0.1) is 0 Å². The summed E-state index contributed by atoms with van der Waals surface area (Å²) in [6.07, 6.45) is 9.27. The maximum Gasteiger partial charge on any atom is 0.119 e. The van der Waals surface area contributed by atoms with E-state index < -0.39 is 0 Å². The Morgan fingerprint density at radius 3 is 2.17 bits per heavy atom. The van der Waals surface area contributed by atoms with Gasteiger partial charge in [-0.1, -0.05) is 25.7 Å². The Morgan fingerprint density at radius 2 is 1.58 bits per heavy atom. The molecule has 2 heteroatoms. The largest absolute Gasteiger partial charge is 0.320 e. The summed E-state index contributed by atoms with van der Waals surface area (Å²) in [5.74, 6) is 0. The standard InChI is InChI=1S/C10H21NO/c1-11-9-7-5-3-2-4-6-8-10-12/h10-11H,2-9H2,1H3. The van der Waals surface area contributed by atoms with Crippen molar-refractivity contribution in [3.8, 4) is 0 Å². The van der Waals surface area contributed by atoms with Gasteiger partial charge in [-0.05, 0) is 26.4 Å². The highest BCUT2D eigenvalue weighted by Gasteiger charge is 1.89. The molecule has 0 amide bonds. The second-order valence-electron chi connectivity index (χ2n) is 3.18. The number of aldehydes is 1. The predicted octanol–water partition coefficient (Wildman–Crippen LogP) is 2.14. The molecule has 72 valence electrons. The molecule has 12 heavy (non-hydrogen) atoms. The molecule has 0 aromatic heterocycles. The summed E-state index contributed by atoms with van der Waals surface area (Å²) in [5.41, 5.74) is 0. The number of nitrogens with one attached hydrogen (secondary N) is 1. The van der Waals surface area contributed by atoms with Crippen molar-refractivity contribution in [3.63, 3.8) is 0 Å². The van der Waals surface area contributed by atoms with Crippen molar-refractivity contribution in [2.75, 3.05) is 13.6 Å². The highest BCUT2D eigenvalue weighted by molar-refractivity contribution is 5.48. The van der Waals surface area contributed by atoms with Crippen LogP contribution in [-0.2, 0) is 4.79 Å². The zero-order valence-corrected chi connectivity index (χ0v) is 8.14. The fraction of sp³-hybridized carbons (Fsp3) is 0.900. The Labute approximate surface area is 75.7 Å². The molecule has 0 radical (unpaired) electrons. The fourth-order valence-corrected chi connectivity index (χ4v) is 1.24. The van der Waals surface area contributed by atoms with Gasteiger partial charge in [-0.2, -0.15) is 0 Å². The van der Waals surface area contributed by atoms with Crippen molar-refractivity contribution in [2.45, 2.75) is 44.9 Å². The van der Waals surface area contributed by atoms with Crippen molar-refractivity contribution in [1.82, 2.24) is 5.32 Å². The van der Waals surface area contributed by atoms with Crippen LogP contribution in [0.1, 0.15) is 44.9 Å². The predicted molar refractivity (Wildman–Crippen MR) is 52.3 cm³/mol. The Morgan fingerprint density at radius 1 is 1.00 bits per heavy atom. The third-order valence-electron chi connectivity index (χ3n) is 2.00. The summed E-state index contributed by atoms with van der Waals surface area (Å²) in [6.45, 7) is 1.13. The first-order chi connectivity index (χ1) is 5.91. The normalized spacial score (nSPS) is 10.1. The smallest absolute Gasteiger partial charge is 0.119 e. The SMILES string of the molecule is CNCCCCCCCCC=O. The number of rotatable bonds is 9. The van der Waals surface area contributed by atoms with E-state index in [0.29, 0.717) is 0 Å². The van der Waals surface area contributed by atoms with Crippen LogP contribution < -0.4 is 5.32 Å². The van der Waals surface area contributed by atoms with Crippen LogP contribution in [0.15, 0.2) is 0 Å². The lowest BCUT2D eigenvalue weighted by Gasteiger charge is -1.99. The van der Waals surface area contributed by atoms with Gasteiger partial charge in [-0.15, -0.1) is 0 Å². The second-order valence-corrected chi connectivity index (χ2v) is 3.18. The van der Waals surface area contributed by atoms with E-state index in [9.17, 15) is 4.79 Å². The summed E-state index contributed by atoms with van der Waals surface area (Å²) in [5, 5.41) is 3.13. The minimum atomic E-state index is 0.747. The minimum Gasteiger partial charge on any atom is -0.320 e. The van der Waals surface area contributed by atoms with Gasteiger partial charge in [0.1, 0.15) is 6.29 Å². The summed E-state index contributed by atoms with van der Waals surface area (Å²) in [7, 11) is 1.99. The Balaban J connectivity index is 2.77. The van der Waals surface area contributed by atoms with Crippen LogP contribution in [0.5, 0.6) is 0 Å². The van der Waals surface area contributed by atoms with Crippen LogP contribution in [0.25, 0.3) is 0 Å². The van der Waals surface area contributed by atoms with E-state index in [1.54, 1.807) is 0 Å². The average molecular weight is 171 g/mol. The molecule has 2 nitrogen and oxygen atoms in total. The van der Waals surface area contributed by atoms with Crippen molar-refractivity contribution < 1.29 is 4.79 Å². The molecular formula is C10H21NO. The lowest BCUT2D eigenvalue weighted by atomic mass is 10.1. The number of carbonyl (C=O) groups excluding carboxylic acids is 1. The Hall–Kier alpha value is -0.370. The zero-order valence-electron chi connectivity index (χ0n) is 8.14. The second kappa shape index (κ2) is 10.6. The van der Waals surface area contributed by atoms with Gasteiger partial charge < -0.3 is 10.1 Å². The first kappa shape index (κ1) is 11.6. The van der Waals surface area contributed by atoms with Gasteiger partial charge in [0.2, 0.25) is 0 Å². The molecule has 0 saturated heterocycles. The van der Waals surface area contributed by atoms with Crippen LogP contribution in [-0.4, -0.2) is 19.9 Å². The molecule has 0 aliphatic heterocycles. The maximum atomic E-state index is 9.97. The molecule has 0 saturated carbocycles. The molecule has 0 spiro atoms. The minimum absolute atomic E-state index is 0.747. The fourth-order valence-electron chi connectivity index (χ4n) is 1.24. The number of unbranched alkanes of at least 4 members (excludes halogenated alkanes) is 6. The van der Waals surface area contributed by atoms with E-state index >= 15 is 0 Å².